The number of nitrogens with zero attached hydrogens (tertiary/aromatic N) is 1. The van der Waals surface area contributed by atoms with E-state index in [9.17, 15) is 9.70 Å². The maximum absolute atomic E-state index is 11.7. The Balaban J connectivity index is 2.87. The van der Waals surface area contributed by atoms with Crippen LogP contribution >= 0.6 is 0 Å². The fourth-order valence-corrected chi connectivity index (χ4v) is 1.80. The molecule has 1 amide bonds. The average Bonchev–Trinajstić information content (AvgIpc) is 2.47. The van der Waals surface area contributed by atoms with Crippen molar-refractivity contribution in [1.29, 1.82) is 0 Å². The molecule has 0 aliphatic heterocycles. The number of nitroso groups, excluding NO2 is 1. The van der Waals surface area contributed by atoms with Gasteiger partial charge in [0.15, 0.2) is 12.3 Å². The molecule has 6 heteroatoms. The Labute approximate surface area is 118 Å². The molecule has 0 bridgehead atoms. The van der Waals surface area contributed by atoms with Gasteiger partial charge in [0, 0.05) is 13.7 Å². The summed E-state index contributed by atoms with van der Waals surface area (Å²) >= 11 is 0. The summed E-state index contributed by atoms with van der Waals surface area (Å²) in [6.07, 6.45) is -0.351. The highest BCUT2D eigenvalue weighted by Crippen LogP contribution is 2.22. The Morgan fingerprint density at radius 3 is 2.65 bits per heavy atom. The molecule has 0 aromatic heterocycles. The number of hydrogen-bond acceptors (Lipinski definition) is 5. The predicted octanol–water partition coefficient (Wildman–Crippen LogP) is 2.14. The van der Waals surface area contributed by atoms with Gasteiger partial charge in [0.25, 0.3) is 5.91 Å². The molecule has 6 nitrogen and oxygen atoms in total. The highest BCUT2D eigenvalue weighted by molar-refractivity contribution is 5.83. The smallest absolute Gasteiger partial charge is 0.252 e. The highest BCUT2D eigenvalue weighted by atomic mass is 16.7. The average molecular weight is 280 g/mol. The number of rotatable bonds is 8. The lowest BCUT2D eigenvalue weighted by molar-refractivity contribution is -0.134. The summed E-state index contributed by atoms with van der Waals surface area (Å²) in [5.74, 6) is -0.440. The number of hydrogen-bond donors (Lipinski definition) is 1. The van der Waals surface area contributed by atoms with E-state index in [0.717, 1.165) is 5.56 Å². The van der Waals surface area contributed by atoms with Crippen molar-refractivity contribution in [2.45, 2.75) is 32.8 Å². The lowest BCUT2D eigenvalue weighted by Gasteiger charge is -2.16. The minimum atomic E-state index is -1.07. The first kappa shape index (κ1) is 16.3. The van der Waals surface area contributed by atoms with Crippen molar-refractivity contribution in [1.82, 2.24) is 5.32 Å². The van der Waals surface area contributed by atoms with E-state index >= 15 is 0 Å². The van der Waals surface area contributed by atoms with E-state index in [1.807, 2.05) is 13.0 Å². The van der Waals surface area contributed by atoms with Crippen LogP contribution in [0.4, 0.5) is 0 Å². The van der Waals surface area contributed by atoms with Gasteiger partial charge in [0.1, 0.15) is 0 Å². The van der Waals surface area contributed by atoms with Crippen molar-refractivity contribution in [2.24, 2.45) is 5.18 Å². The molecule has 0 saturated heterocycles. The van der Waals surface area contributed by atoms with Gasteiger partial charge in [-0.2, -0.15) is 0 Å². The fraction of sp³-hybridized carbons (Fsp3) is 0.500. The molecule has 1 aromatic rings. The van der Waals surface area contributed by atoms with Gasteiger partial charge in [-0.25, -0.2) is 0 Å². The monoisotopic (exact) mass is 280 g/mol. The minimum absolute atomic E-state index is 0.250. The number of ether oxygens (including phenoxy) is 2. The summed E-state index contributed by atoms with van der Waals surface area (Å²) in [5.41, 5.74) is 1.29. The first-order chi connectivity index (χ1) is 9.63. The number of carbonyl (C=O) groups excluding carboxylic acids is 1. The van der Waals surface area contributed by atoms with Crippen LogP contribution in [0.5, 0.6) is 0 Å². The van der Waals surface area contributed by atoms with Gasteiger partial charge in [0.05, 0.1) is 6.61 Å². The molecule has 0 heterocycles. The zero-order valence-electron chi connectivity index (χ0n) is 12.0. The van der Waals surface area contributed by atoms with Crippen LogP contribution in [-0.2, 0) is 20.9 Å². The van der Waals surface area contributed by atoms with E-state index in [0.29, 0.717) is 12.2 Å². The molecule has 1 aromatic carbocycles. The maximum Gasteiger partial charge on any atom is 0.252 e. The summed E-state index contributed by atoms with van der Waals surface area (Å²) < 4.78 is 10.8. The Morgan fingerprint density at radius 2 is 2.05 bits per heavy atom. The van der Waals surface area contributed by atoms with Crippen LogP contribution in [0.2, 0.25) is 0 Å². The quantitative estimate of drug-likeness (QED) is 0.584. The molecule has 2 atom stereocenters. The van der Waals surface area contributed by atoms with Crippen molar-refractivity contribution >= 4 is 5.91 Å². The van der Waals surface area contributed by atoms with Gasteiger partial charge in [-0.15, -0.1) is 4.91 Å². The first-order valence-corrected chi connectivity index (χ1v) is 6.49. The van der Waals surface area contributed by atoms with Crippen molar-refractivity contribution in [3.63, 3.8) is 0 Å². The third-order valence-corrected chi connectivity index (χ3v) is 2.82. The minimum Gasteiger partial charge on any atom is -0.357 e. The van der Waals surface area contributed by atoms with Crippen LogP contribution in [-0.4, -0.2) is 25.9 Å². The Hall–Kier alpha value is -1.79. The number of amides is 1. The van der Waals surface area contributed by atoms with E-state index in [-0.39, 0.29) is 12.9 Å². The van der Waals surface area contributed by atoms with E-state index in [2.05, 4.69) is 10.5 Å². The zero-order valence-corrected chi connectivity index (χ0v) is 12.0. The third-order valence-electron chi connectivity index (χ3n) is 2.82. The molecule has 0 aliphatic carbocycles. The molecule has 110 valence electrons. The second-order valence-electron chi connectivity index (χ2n) is 4.15. The van der Waals surface area contributed by atoms with Gasteiger partial charge in [-0.05, 0) is 25.0 Å². The summed E-state index contributed by atoms with van der Waals surface area (Å²) in [6, 6.07) is 6.01. The molecule has 2 unspecified atom stereocenters. The largest absolute Gasteiger partial charge is 0.357 e. The Morgan fingerprint density at radius 1 is 1.35 bits per heavy atom. The zero-order chi connectivity index (χ0) is 15.0. The SMILES string of the molecule is CCOC(C)OCc1ccccc1C(N=O)C(=O)NC. The lowest BCUT2D eigenvalue weighted by Crippen LogP contribution is -2.25. The highest BCUT2D eigenvalue weighted by Gasteiger charge is 2.23. The van der Waals surface area contributed by atoms with Crippen molar-refractivity contribution in [3.8, 4) is 0 Å². The van der Waals surface area contributed by atoms with E-state index in [4.69, 9.17) is 9.47 Å². The van der Waals surface area contributed by atoms with Gasteiger partial charge in [-0.1, -0.05) is 29.4 Å². The van der Waals surface area contributed by atoms with Crippen LogP contribution in [0.1, 0.15) is 31.0 Å². The Bertz CT molecular complexity index is 451. The van der Waals surface area contributed by atoms with Crippen LogP contribution in [0.25, 0.3) is 0 Å². The number of likely N-dealkylation sites (N-methyl/N-ethyl adjacent to an activating group) is 1. The summed E-state index contributed by atoms with van der Waals surface area (Å²) in [6.45, 7) is 4.48. The van der Waals surface area contributed by atoms with Crippen LogP contribution in [0.15, 0.2) is 29.4 Å². The van der Waals surface area contributed by atoms with Crippen LogP contribution in [0.3, 0.4) is 0 Å². The van der Waals surface area contributed by atoms with Crippen molar-refractivity contribution in [3.05, 3.63) is 40.3 Å². The predicted molar refractivity (Wildman–Crippen MR) is 74.9 cm³/mol. The van der Waals surface area contributed by atoms with Crippen molar-refractivity contribution < 1.29 is 14.3 Å². The molecule has 1 N–H and O–H groups in total. The second kappa shape index (κ2) is 8.39. The standard InChI is InChI=1S/C14H20N2O4/c1-4-19-10(2)20-9-11-7-5-6-8-12(11)13(16-18)14(17)15-3/h5-8,10,13H,4,9H2,1-3H3,(H,15,17). The normalized spacial score (nSPS) is 13.6. The number of benzene rings is 1. The van der Waals surface area contributed by atoms with Gasteiger partial charge < -0.3 is 14.8 Å². The van der Waals surface area contributed by atoms with Gasteiger partial charge in [0.2, 0.25) is 0 Å². The summed E-state index contributed by atoms with van der Waals surface area (Å²) in [7, 11) is 1.47. The molecular formula is C14H20N2O4. The maximum atomic E-state index is 11.7. The fourth-order valence-electron chi connectivity index (χ4n) is 1.80. The van der Waals surface area contributed by atoms with E-state index in [1.165, 1.54) is 7.05 Å². The van der Waals surface area contributed by atoms with E-state index in [1.54, 1.807) is 25.1 Å². The second-order valence-corrected chi connectivity index (χ2v) is 4.15. The number of carbonyl (C=O) groups is 1. The molecule has 1 rings (SSSR count). The van der Waals surface area contributed by atoms with Gasteiger partial charge in [-0.3, -0.25) is 4.79 Å². The molecule has 0 radical (unpaired) electrons. The molecule has 0 fully saturated rings. The molecule has 0 aliphatic rings. The Kier molecular flexibility index (Phi) is 6.83. The number of nitrogens with one attached hydrogen (secondary N) is 1. The molecule has 0 saturated carbocycles. The molecule has 20 heavy (non-hydrogen) atoms. The summed E-state index contributed by atoms with van der Waals surface area (Å²) in [5, 5.41) is 5.33. The molecular weight excluding hydrogens is 260 g/mol. The topological polar surface area (TPSA) is 77.0 Å². The van der Waals surface area contributed by atoms with Crippen LogP contribution < -0.4 is 5.32 Å². The third kappa shape index (κ3) is 4.40. The van der Waals surface area contributed by atoms with E-state index < -0.39 is 11.9 Å². The lowest BCUT2D eigenvalue weighted by atomic mass is 10.0. The van der Waals surface area contributed by atoms with Gasteiger partial charge >= 0.3 is 0 Å². The van der Waals surface area contributed by atoms with Crippen molar-refractivity contribution in [2.75, 3.05) is 13.7 Å². The molecule has 0 spiro atoms. The summed E-state index contributed by atoms with van der Waals surface area (Å²) in [4.78, 5) is 22.6. The first-order valence-electron chi connectivity index (χ1n) is 6.49. The van der Waals surface area contributed by atoms with Crippen LogP contribution in [0, 0.1) is 4.91 Å².